The van der Waals surface area contributed by atoms with Crippen molar-refractivity contribution in [2.24, 2.45) is 0 Å². The van der Waals surface area contributed by atoms with E-state index in [0.717, 1.165) is 4.90 Å². The first-order valence-electron chi connectivity index (χ1n) is 4.97. The molecule has 2 nitrogen and oxygen atoms in total. The minimum absolute atomic E-state index is 0.201. The maximum Gasteiger partial charge on any atom is 0.316 e. The smallest absolute Gasteiger partial charge is 0.316 e. The van der Waals surface area contributed by atoms with Gasteiger partial charge < -0.3 is 4.74 Å². The summed E-state index contributed by atoms with van der Waals surface area (Å²) in [5, 5.41) is 0.696. The van der Waals surface area contributed by atoms with Gasteiger partial charge in [-0.3, -0.25) is 4.79 Å². The van der Waals surface area contributed by atoms with Gasteiger partial charge >= 0.3 is 5.97 Å². The molecule has 0 spiro atoms. The summed E-state index contributed by atoms with van der Waals surface area (Å²) in [6.45, 7) is 5.58. The fourth-order valence-electron chi connectivity index (χ4n) is 1.04. The molecule has 0 aromatic heterocycles. The van der Waals surface area contributed by atoms with Crippen molar-refractivity contribution in [2.75, 3.05) is 5.75 Å². The van der Waals surface area contributed by atoms with Crippen molar-refractivity contribution < 1.29 is 9.53 Å². The van der Waals surface area contributed by atoms with Crippen molar-refractivity contribution in [3.8, 4) is 0 Å². The summed E-state index contributed by atoms with van der Waals surface area (Å²) < 4.78 is 5.20. The van der Waals surface area contributed by atoms with Crippen LogP contribution in [0.15, 0.2) is 29.2 Å². The zero-order chi connectivity index (χ0) is 12.2. The highest BCUT2D eigenvalue weighted by Crippen LogP contribution is 2.21. The van der Waals surface area contributed by atoms with E-state index in [0.29, 0.717) is 10.8 Å². The van der Waals surface area contributed by atoms with Gasteiger partial charge in [0.05, 0.1) is 5.75 Å². The summed E-state index contributed by atoms with van der Waals surface area (Å²) in [6.07, 6.45) is 0. The van der Waals surface area contributed by atoms with Crippen LogP contribution in [-0.2, 0) is 9.53 Å². The molecule has 0 saturated carbocycles. The van der Waals surface area contributed by atoms with Gasteiger partial charge in [0.25, 0.3) is 0 Å². The van der Waals surface area contributed by atoms with E-state index in [1.807, 2.05) is 32.9 Å². The average Bonchev–Trinajstić information content (AvgIpc) is 2.14. The summed E-state index contributed by atoms with van der Waals surface area (Å²) in [5.74, 6) is 0.117. The molecule has 4 heteroatoms. The number of hydrogen-bond donors (Lipinski definition) is 0. The number of rotatable bonds is 3. The van der Waals surface area contributed by atoms with E-state index in [9.17, 15) is 4.79 Å². The Balaban J connectivity index is 2.40. The normalized spacial score (nSPS) is 11.2. The van der Waals surface area contributed by atoms with Gasteiger partial charge in [0.1, 0.15) is 5.60 Å². The Labute approximate surface area is 105 Å². The van der Waals surface area contributed by atoms with Crippen LogP contribution in [0.5, 0.6) is 0 Å². The monoisotopic (exact) mass is 258 g/mol. The Morgan fingerprint density at radius 2 is 1.88 bits per heavy atom. The van der Waals surface area contributed by atoms with Gasteiger partial charge in [0, 0.05) is 9.92 Å². The molecule has 0 N–H and O–H groups in total. The molecule has 0 amide bonds. The Morgan fingerprint density at radius 1 is 1.31 bits per heavy atom. The van der Waals surface area contributed by atoms with Crippen LogP contribution in [0.25, 0.3) is 0 Å². The molecule has 0 heterocycles. The molecule has 0 aliphatic heterocycles. The van der Waals surface area contributed by atoms with Gasteiger partial charge in [0.2, 0.25) is 0 Å². The van der Waals surface area contributed by atoms with Gasteiger partial charge in [-0.15, -0.1) is 11.8 Å². The lowest BCUT2D eigenvalue weighted by molar-refractivity contribution is -0.151. The Kier molecular flexibility index (Phi) is 4.69. The van der Waals surface area contributed by atoms with Crippen molar-refractivity contribution in [1.29, 1.82) is 0 Å². The molecule has 0 aliphatic rings. The maximum atomic E-state index is 11.4. The van der Waals surface area contributed by atoms with Crippen molar-refractivity contribution >= 4 is 29.3 Å². The highest BCUT2D eigenvalue weighted by molar-refractivity contribution is 8.00. The molecule has 0 aliphatic carbocycles. The number of benzene rings is 1. The Hall–Kier alpha value is -0.670. The van der Waals surface area contributed by atoms with E-state index < -0.39 is 5.60 Å². The van der Waals surface area contributed by atoms with Crippen LogP contribution in [-0.4, -0.2) is 17.3 Å². The molecular formula is C12H15ClO2S. The van der Waals surface area contributed by atoms with Gasteiger partial charge in [0.15, 0.2) is 0 Å². The first-order valence-corrected chi connectivity index (χ1v) is 6.33. The zero-order valence-corrected chi connectivity index (χ0v) is 11.2. The Morgan fingerprint density at radius 3 is 2.38 bits per heavy atom. The number of halogens is 1. The highest BCUT2D eigenvalue weighted by Gasteiger charge is 2.15. The molecule has 16 heavy (non-hydrogen) atoms. The predicted octanol–water partition coefficient (Wildman–Crippen LogP) is 3.77. The van der Waals surface area contributed by atoms with Crippen LogP contribution < -0.4 is 0 Å². The maximum absolute atomic E-state index is 11.4. The summed E-state index contributed by atoms with van der Waals surface area (Å²) in [6, 6.07) is 7.38. The van der Waals surface area contributed by atoms with Crippen LogP contribution in [0.2, 0.25) is 5.02 Å². The number of hydrogen-bond acceptors (Lipinski definition) is 3. The number of carbonyl (C=O) groups excluding carboxylic acids is 1. The molecule has 0 fully saturated rings. The fraction of sp³-hybridized carbons (Fsp3) is 0.417. The van der Waals surface area contributed by atoms with Gasteiger partial charge in [-0.25, -0.2) is 0 Å². The van der Waals surface area contributed by atoms with E-state index in [1.165, 1.54) is 11.8 Å². The number of ether oxygens (including phenoxy) is 1. The fourth-order valence-corrected chi connectivity index (χ4v) is 1.84. The lowest BCUT2D eigenvalue weighted by atomic mass is 10.2. The molecule has 0 saturated heterocycles. The third kappa shape index (κ3) is 5.42. The number of esters is 1. The quantitative estimate of drug-likeness (QED) is 0.610. The SMILES string of the molecule is CC(C)(C)OC(=O)CSc1ccc(Cl)cc1. The zero-order valence-electron chi connectivity index (χ0n) is 9.62. The molecule has 0 radical (unpaired) electrons. The van der Waals surface area contributed by atoms with Crippen molar-refractivity contribution in [2.45, 2.75) is 31.3 Å². The second-order valence-corrected chi connectivity index (χ2v) is 5.81. The molecule has 1 aromatic carbocycles. The van der Waals surface area contributed by atoms with E-state index >= 15 is 0 Å². The van der Waals surface area contributed by atoms with Crippen LogP contribution in [0.4, 0.5) is 0 Å². The Bertz CT molecular complexity index is 354. The molecule has 88 valence electrons. The molecule has 1 rings (SSSR count). The van der Waals surface area contributed by atoms with Crippen LogP contribution in [0.3, 0.4) is 0 Å². The second kappa shape index (κ2) is 5.60. The van der Waals surface area contributed by atoms with Gasteiger partial charge in [-0.05, 0) is 45.0 Å². The molecule has 0 atom stereocenters. The van der Waals surface area contributed by atoms with E-state index in [-0.39, 0.29) is 5.97 Å². The summed E-state index contributed by atoms with van der Waals surface area (Å²) in [7, 11) is 0. The van der Waals surface area contributed by atoms with Crippen molar-refractivity contribution in [3.63, 3.8) is 0 Å². The minimum Gasteiger partial charge on any atom is -0.459 e. The first kappa shape index (κ1) is 13.4. The summed E-state index contributed by atoms with van der Waals surface area (Å²) in [4.78, 5) is 12.4. The van der Waals surface area contributed by atoms with Crippen molar-refractivity contribution in [1.82, 2.24) is 0 Å². The highest BCUT2D eigenvalue weighted by atomic mass is 35.5. The number of thioether (sulfide) groups is 1. The lowest BCUT2D eigenvalue weighted by Gasteiger charge is -2.19. The molecular weight excluding hydrogens is 244 g/mol. The predicted molar refractivity (Wildman–Crippen MR) is 68.0 cm³/mol. The van der Waals surface area contributed by atoms with E-state index in [1.54, 1.807) is 12.1 Å². The molecule has 1 aromatic rings. The first-order chi connectivity index (χ1) is 7.37. The largest absolute Gasteiger partial charge is 0.459 e. The van der Waals surface area contributed by atoms with Crippen LogP contribution >= 0.6 is 23.4 Å². The lowest BCUT2D eigenvalue weighted by Crippen LogP contribution is -2.24. The molecule has 0 unspecified atom stereocenters. The minimum atomic E-state index is -0.419. The van der Waals surface area contributed by atoms with Gasteiger partial charge in [-0.1, -0.05) is 11.6 Å². The van der Waals surface area contributed by atoms with E-state index in [2.05, 4.69) is 0 Å². The third-order valence-electron chi connectivity index (χ3n) is 1.59. The average molecular weight is 259 g/mol. The van der Waals surface area contributed by atoms with Crippen molar-refractivity contribution in [3.05, 3.63) is 29.3 Å². The summed E-state index contributed by atoms with van der Waals surface area (Å²) >= 11 is 7.21. The summed E-state index contributed by atoms with van der Waals surface area (Å²) in [5.41, 5.74) is -0.419. The number of carbonyl (C=O) groups is 1. The van der Waals surface area contributed by atoms with Crippen LogP contribution in [0, 0.1) is 0 Å². The third-order valence-corrected chi connectivity index (χ3v) is 2.83. The topological polar surface area (TPSA) is 26.3 Å². The van der Waals surface area contributed by atoms with Crippen LogP contribution in [0.1, 0.15) is 20.8 Å². The standard InChI is InChI=1S/C12H15ClO2S/c1-12(2,3)15-11(14)8-16-10-6-4-9(13)5-7-10/h4-7H,8H2,1-3H3. The molecule has 0 bridgehead atoms. The van der Waals surface area contributed by atoms with Gasteiger partial charge in [-0.2, -0.15) is 0 Å². The van der Waals surface area contributed by atoms with E-state index in [4.69, 9.17) is 16.3 Å². The second-order valence-electron chi connectivity index (χ2n) is 4.33.